The van der Waals surface area contributed by atoms with E-state index in [1.807, 2.05) is 31.2 Å². The fourth-order valence-corrected chi connectivity index (χ4v) is 2.06. The molecule has 1 aromatic carbocycles. The van der Waals surface area contributed by atoms with Crippen molar-refractivity contribution in [1.29, 1.82) is 0 Å². The van der Waals surface area contributed by atoms with E-state index in [4.69, 9.17) is 9.47 Å². The van der Waals surface area contributed by atoms with Gasteiger partial charge in [-0.2, -0.15) is 5.10 Å². The maximum Gasteiger partial charge on any atom is 0.358 e. The van der Waals surface area contributed by atoms with Gasteiger partial charge < -0.3 is 9.47 Å². The van der Waals surface area contributed by atoms with Crippen molar-refractivity contribution in [1.82, 2.24) is 9.78 Å². The van der Waals surface area contributed by atoms with Crippen LogP contribution in [0, 0.1) is 6.92 Å². The van der Waals surface area contributed by atoms with Crippen molar-refractivity contribution >= 4 is 5.97 Å². The Morgan fingerprint density at radius 1 is 1.24 bits per heavy atom. The number of ether oxygens (including phenoxy) is 2. The van der Waals surface area contributed by atoms with Crippen LogP contribution in [0.3, 0.4) is 0 Å². The van der Waals surface area contributed by atoms with E-state index in [0.717, 1.165) is 16.8 Å². The number of methoxy groups -OCH3 is 1. The van der Waals surface area contributed by atoms with Crippen molar-refractivity contribution in [2.45, 2.75) is 27.0 Å². The van der Waals surface area contributed by atoms with Crippen LogP contribution >= 0.6 is 0 Å². The zero-order chi connectivity index (χ0) is 15.2. The molecule has 0 amide bonds. The van der Waals surface area contributed by atoms with E-state index in [0.29, 0.717) is 25.5 Å². The van der Waals surface area contributed by atoms with Crippen LogP contribution in [0.5, 0.6) is 0 Å². The molecule has 0 saturated heterocycles. The monoisotopic (exact) mass is 288 g/mol. The SMILES string of the molecule is CCOC(=O)c1cc(C)n(Cc2ccc(COC)cc2)n1. The molecule has 5 nitrogen and oxygen atoms in total. The number of aryl methyl sites for hydroxylation is 1. The Labute approximate surface area is 124 Å². The fourth-order valence-electron chi connectivity index (χ4n) is 2.06. The summed E-state index contributed by atoms with van der Waals surface area (Å²) in [5.74, 6) is -0.380. The third-order valence-corrected chi connectivity index (χ3v) is 3.13. The molecule has 0 atom stereocenters. The number of aromatic nitrogens is 2. The van der Waals surface area contributed by atoms with Gasteiger partial charge in [-0.25, -0.2) is 4.79 Å². The van der Waals surface area contributed by atoms with Crippen LogP contribution < -0.4 is 0 Å². The van der Waals surface area contributed by atoms with Gasteiger partial charge in [0.1, 0.15) is 0 Å². The van der Waals surface area contributed by atoms with Crippen molar-refractivity contribution in [2.24, 2.45) is 0 Å². The number of carbonyl (C=O) groups is 1. The molecule has 0 bridgehead atoms. The van der Waals surface area contributed by atoms with Gasteiger partial charge in [0, 0.05) is 12.8 Å². The Hall–Kier alpha value is -2.14. The number of hydrogen-bond donors (Lipinski definition) is 0. The third kappa shape index (κ3) is 3.92. The van der Waals surface area contributed by atoms with Crippen LogP contribution in [0.1, 0.15) is 34.2 Å². The Balaban J connectivity index is 2.10. The van der Waals surface area contributed by atoms with Gasteiger partial charge >= 0.3 is 5.97 Å². The number of benzene rings is 1. The molecule has 0 radical (unpaired) electrons. The highest BCUT2D eigenvalue weighted by atomic mass is 16.5. The fraction of sp³-hybridized carbons (Fsp3) is 0.375. The van der Waals surface area contributed by atoms with Crippen LogP contribution in [0.15, 0.2) is 30.3 Å². The lowest BCUT2D eigenvalue weighted by atomic mass is 10.1. The van der Waals surface area contributed by atoms with Crippen molar-refractivity contribution in [2.75, 3.05) is 13.7 Å². The van der Waals surface area contributed by atoms with E-state index in [1.54, 1.807) is 24.8 Å². The zero-order valence-corrected chi connectivity index (χ0v) is 12.6. The van der Waals surface area contributed by atoms with E-state index >= 15 is 0 Å². The first-order chi connectivity index (χ1) is 10.1. The molecule has 1 aromatic heterocycles. The van der Waals surface area contributed by atoms with Gasteiger partial charge in [-0.1, -0.05) is 24.3 Å². The van der Waals surface area contributed by atoms with Crippen LogP contribution in [0.25, 0.3) is 0 Å². The van der Waals surface area contributed by atoms with E-state index in [1.165, 1.54) is 0 Å². The maximum absolute atomic E-state index is 11.7. The Morgan fingerprint density at radius 3 is 2.52 bits per heavy atom. The Morgan fingerprint density at radius 2 is 1.90 bits per heavy atom. The van der Waals surface area contributed by atoms with Gasteiger partial charge in [0.15, 0.2) is 5.69 Å². The van der Waals surface area contributed by atoms with Gasteiger partial charge in [0.05, 0.1) is 19.8 Å². The first-order valence-corrected chi connectivity index (χ1v) is 6.92. The summed E-state index contributed by atoms with van der Waals surface area (Å²) in [6.45, 7) is 5.29. The molecule has 5 heteroatoms. The molecule has 0 saturated carbocycles. The summed E-state index contributed by atoms with van der Waals surface area (Å²) in [7, 11) is 1.68. The smallest absolute Gasteiger partial charge is 0.358 e. The minimum absolute atomic E-state index is 0.352. The second-order valence-electron chi connectivity index (χ2n) is 4.80. The summed E-state index contributed by atoms with van der Waals surface area (Å²) in [5.41, 5.74) is 3.53. The zero-order valence-electron chi connectivity index (χ0n) is 12.6. The molecule has 0 aliphatic heterocycles. The van der Waals surface area contributed by atoms with Crippen molar-refractivity contribution in [3.05, 3.63) is 52.8 Å². The topological polar surface area (TPSA) is 53.4 Å². The predicted octanol–water partition coefficient (Wildman–Crippen LogP) is 2.56. The van der Waals surface area contributed by atoms with E-state index < -0.39 is 0 Å². The standard InChI is InChI=1S/C16H20N2O3/c1-4-21-16(19)15-9-12(2)18(17-15)10-13-5-7-14(8-6-13)11-20-3/h5-9H,4,10-11H2,1-3H3. The molecular formula is C16H20N2O3. The molecule has 0 fully saturated rings. The van der Waals surface area contributed by atoms with Gasteiger partial charge in [-0.15, -0.1) is 0 Å². The molecule has 0 spiro atoms. The number of rotatable bonds is 6. The lowest BCUT2D eigenvalue weighted by molar-refractivity contribution is 0.0518. The second-order valence-corrected chi connectivity index (χ2v) is 4.80. The molecule has 0 N–H and O–H groups in total. The van der Waals surface area contributed by atoms with E-state index in [2.05, 4.69) is 5.10 Å². The van der Waals surface area contributed by atoms with Gasteiger partial charge in [0.25, 0.3) is 0 Å². The molecular weight excluding hydrogens is 268 g/mol. The summed E-state index contributed by atoms with van der Waals surface area (Å²) in [5, 5.41) is 4.30. The largest absolute Gasteiger partial charge is 0.461 e. The van der Waals surface area contributed by atoms with Crippen molar-refractivity contribution in [3.63, 3.8) is 0 Å². The molecule has 1 heterocycles. The molecule has 2 rings (SSSR count). The number of hydrogen-bond acceptors (Lipinski definition) is 4. The molecule has 21 heavy (non-hydrogen) atoms. The highest BCUT2D eigenvalue weighted by molar-refractivity contribution is 5.87. The number of carbonyl (C=O) groups excluding carboxylic acids is 1. The Kier molecular flexibility index (Phi) is 5.11. The second kappa shape index (κ2) is 7.04. The van der Waals surface area contributed by atoms with Gasteiger partial charge in [-0.05, 0) is 31.0 Å². The first-order valence-electron chi connectivity index (χ1n) is 6.92. The highest BCUT2D eigenvalue weighted by Gasteiger charge is 2.13. The van der Waals surface area contributed by atoms with Crippen LogP contribution in [0.2, 0.25) is 0 Å². The van der Waals surface area contributed by atoms with E-state index in [9.17, 15) is 4.79 Å². The number of esters is 1. The normalized spacial score (nSPS) is 10.6. The molecule has 2 aromatic rings. The average molecular weight is 288 g/mol. The lowest BCUT2D eigenvalue weighted by Crippen LogP contribution is -2.08. The van der Waals surface area contributed by atoms with Crippen molar-refractivity contribution < 1.29 is 14.3 Å². The van der Waals surface area contributed by atoms with Crippen LogP contribution in [-0.2, 0) is 22.6 Å². The van der Waals surface area contributed by atoms with Gasteiger partial charge in [0.2, 0.25) is 0 Å². The first kappa shape index (κ1) is 15.3. The van der Waals surface area contributed by atoms with Gasteiger partial charge in [-0.3, -0.25) is 4.68 Å². The minimum atomic E-state index is -0.380. The third-order valence-electron chi connectivity index (χ3n) is 3.13. The predicted molar refractivity (Wildman–Crippen MR) is 79.2 cm³/mol. The maximum atomic E-state index is 11.7. The Bertz CT molecular complexity index is 602. The molecule has 0 unspecified atom stereocenters. The van der Waals surface area contributed by atoms with Crippen LogP contribution in [-0.4, -0.2) is 29.5 Å². The van der Waals surface area contributed by atoms with Crippen molar-refractivity contribution in [3.8, 4) is 0 Å². The highest BCUT2D eigenvalue weighted by Crippen LogP contribution is 2.10. The summed E-state index contributed by atoms with van der Waals surface area (Å²) in [6, 6.07) is 9.89. The molecule has 0 aliphatic carbocycles. The summed E-state index contributed by atoms with van der Waals surface area (Å²) < 4.78 is 11.9. The average Bonchev–Trinajstić information content (AvgIpc) is 2.83. The summed E-state index contributed by atoms with van der Waals surface area (Å²) in [6.07, 6.45) is 0. The molecule has 112 valence electrons. The lowest BCUT2D eigenvalue weighted by Gasteiger charge is -2.06. The summed E-state index contributed by atoms with van der Waals surface area (Å²) >= 11 is 0. The summed E-state index contributed by atoms with van der Waals surface area (Å²) in [4.78, 5) is 11.7. The quantitative estimate of drug-likeness (QED) is 0.767. The molecule has 0 aliphatic rings. The number of nitrogens with zero attached hydrogens (tertiary/aromatic N) is 2. The van der Waals surface area contributed by atoms with E-state index in [-0.39, 0.29) is 5.97 Å². The minimum Gasteiger partial charge on any atom is -0.461 e. The van der Waals surface area contributed by atoms with Crippen LogP contribution in [0.4, 0.5) is 0 Å².